The Morgan fingerprint density at radius 3 is 2.58 bits per heavy atom. The van der Waals surface area contributed by atoms with Gasteiger partial charge in [0.25, 0.3) is 15.9 Å². The van der Waals surface area contributed by atoms with E-state index < -0.39 is 46.1 Å². The van der Waals surface area contributed by atoms with Crippen LogP contribution in [-0.2, 0) is 14.8 Å². The minimum absolute atomic E-state index is 0.00451. The number of rotatable bonds is 5. The van der Waals surface area contributed by atoms with Gasteiger partial charge in [0.1, 0.15) is 10.6 Å². The van der Waals surface area contributed by atoms with E-state index in [2.05, 4.69) is 10.4 Å². The molecule has 2 heterocycles. The highest BCUT2D eigenvalue weighted by Crippen LogP contribution is 2.39. The fraction of sp³-hybridized carbons (Fsp3) is 0.353. The molecule has 1 aromatic heterocycles. The molecule has 14 heteroatoms. The van der Waals surface area contributed by atoms with Gasteiger partial charge in [-0.2, -0.15) is 13.9 Å². The Balaban J connectivity index is 2.14. The predicted molar refractivity (Wildman–Crippen MR) is 104 cm³/mol. The summed E-state index contributed by atoms with van der Waals surface area (Å²) in [6, 6.07) is 3.86. The Hall–Kier alpha value is -3.42. The van der Waals surface area contributed by atoms with E-state index in [4.69, 9.17) is 9.84 Å². The van der Waals surface area contributed by atoms with Crippen LogP contribution in [0.1, 0.15) is 12.2 Å². The van der Waals surface area contributed by atoms with E-state index in [-0.39, 0.29) is 27.5 Å². The van der Waals surface area contributed by atoms with Crippen molar-refractivity contribution in [1.82, 2.24) is 14.7 Å². The summed E-state index contributed by atoms with van der Waals surface area (Å²) in [5.41, 5.74) is -0.172. The zero-order chi connectivity index (χ0) is 23.1. The largest absolute Gasteiger partial charge is 0.476 e. The van der Waals surface area contributed by atoms with Gasteiger partial charge in [-0.1, -0.05) is 0 Å². The first-order chi connectivity index (χ1) is 14.4. The number of nitrogens with zero attached hydrogens (tertiary/aromatic N) is 4. The lowest BCUT2D eigenvalue weighted by Gasteiger charge is -2.35. The Bertz CT molecular complexity index is 1130. The first-order valence-electron chi connectivity index (χ1n) is 8.80. The van der Waals surface area contributed by atoms with Crippen LogP contribution in [0.25, 0.3) is 0 Å². The number of carbonyl (C=O) groups excluding carboxylic acids is 1. The molecule has 0 spiro atoms. The maximum atomic E-state index is 13.4. The smallest absolute Gasteiger partial charge is 0.409 e. The molecule has 1 atom stereocenters. The van der Waals surface area contributed by atoms with Gasteiger partial charge < -0.3 is 14.7 Å². The minimum atomic E-state index is -4.47. The molecule has 1 aromatic carbocycles. The molecule has 0 bridgehead atoms. The summed E-state index contributed by atoms with van der Waals surface area (Å²) >= 11 is 0. The molecule has 0 saturated carbocycles. The molecule has 31 heavy (non-hydrogen) atoms. The van der Waals surface area contributed by atoms with Gasteiger partial charge in [0, 0.05) is 19.8 Å². The quantitative estimate of drug-likeness (QED) is 0.695. The van der Waals surface area contributed by atoms with Gasteiger partial charge in [-0.15, -0.1) is 0 Å². The number of likely N-dealkylation sites (N-methyl/N-ethyl adjacent to an activating group) is 1. The average Bonchev–Trinajstić information content (AvgIpc) is 3.08. The van der Waals surface area contributed by atoms with E-state index in [1.54, 1.807) is 0 Å². The molecule has 0 fully saturated rings. The Morgan fingerprint density at radius 1 is 1.35 bits per heavy atom. The standard InChI is InChI=1S/C17H19F2N5O6S/c1-9-14(8-23(21-9)16(18)19)31(28,29)24-7-13(15(25)22(2)3)30-12-5-4-10(6-11(12)24)20-17(26)27/h4-6,8,13,16,20H,7H2,1-3H3,(H,26,27). The van der Waals surface area contributed by atoms with Crippen molar-refractivity contribution in [2.45, 2.75) is 24.5 Å². The van der Waals surface area contributed by atoms with Crippen LogP contribution < -0.4 is 14.4 Å². The van der Waals surface area contributed by atoms with Gasteiger partial charge in [-0.3, -0.25) is 14.4 Å². The van der Waals surface area contributed by atoms with Crippen molar-refractivity contribution >= 4 is 33.4 Å². The second-order valence-electron chi connectivity index (χ2n) is 6.82. The number of carboxylic acid groups (broad SMARTS) is 1. The molecule has 2 N–H and O–H groups in total. The maximum absolute atomic E-state index is 13.4. The number of hydrogen-bond donors (Lipinski definition) is 2. The van der Waals surface area contributed by atoms with Crippen molar-refractivity contribution in [3.05, 3.63) is 30.1 Å². The van der Waals surface area contributed by atoms with Crippen LogP contribution in [0, 0.1) is 6.92 Å². The fourth-order valence-electron chi connectivity index (χ4n) is 3.03. The Labute approximate surface area is 175 Å². The first kappa shape index (κ1) is 22.3. The van der Waals surface area contributed by atoms with Crippen molar-refractivity contribution in [2.75, 3.05) is 30.3 Å². The second-order valence-corrected chi connectivity index (χ2v) is 8.66. The highest BCUT2D eigenvalue weighted by Gasteiger charge is 2.40. The molecule has 2 aromatic rings. The van der Waals surface area contributed by atoms with E-state index in [1.165, 1.54) is 44.1 Å². The van der Waals surface area contributed by atoms with Crippen molar-refractivity contribution < 1.29 is 36.6 Å². The fourth-order valence-corrected chi connectivity index (χ4v) is 4.66. The third-order valence-electron chi connectivity index (χ3n) is 4.44. The highest BCUT2D eigenvalue weighted by molar-refractivity contribution is 7.92. The lowest BCUT2D eigenvalue weighted by molar-refractivity contribution is -0.135. The van der Waals surface area contributed by atoms with Crippen LogP contribution in [0.5, 0.6) is 5.75 Å². The first-order valence-corrected chi connectivity index (χ1v) is 10.2. The molecule has 1 aliphatic rings. The number of benzene rings is 1. The molecular formula is C17H19F2N5O6S. The summed E-state index contributed by atoms with van der Waals surface area (Å²) in [7, 11) is -1.53. The molecule has 168 valence electrons. The zero-order valence-electron chi connectivity index (χ0n) is 16.6. The van der Waals surface area contributed by atoms with Crippen molar-refractivity contribution in [2.24, 2.45) is 0 Å². The number of ether oxygens (including phenoxy) is 1. The number of sulfonamides is 1. The van der Waals surface area contributed by atoms with Gasteiger partial charge in [0.2, 0.25) is 0 Å². The van der Waals surface area contributed by atoms with Gasteiger partial charge in [-0.05, 0) is 25.1 Å². The number of alkyl halides is 2. The Morgan fingerprint density at radius 2 is 2.03 bits per heavy atom. The summed E-state index contributed by atoms with van der Waals surface area (Å²) in [5.74, 6) is -0.511. The number of anilines is 2. The lowest BCUT2D eigenvalue weighted by Crippen LogP contribution is -2.50. The number of fused-ring (bicyclic) bond motifs is 1. The number of carbonyl (C=O) groups is 2. The van der Waals surface area contributed by atoms with Crippen molar-refractivity contribution in [3.8, 4) is 5.75 Å². The average molecular weight is 459 g/mol. The molecule has 11 nitrogen and oxygen atoms in total. The molecule has 3 rings (SSSR count). The van der Waals surface area contributed by atoms with Crippen molar-refractivity contribution in [3.63, 3.8) is 0 Å². The van der Waals surface area contributed by atoms with Crippen LogP contribution in [0.2, 0.25) is 0 Å². The van der Waals surface area contributed by atoms with Crippen molar-refractivity contribution in [1.29, 1.82) is 0 Å². The highest BCUT2D eigenvalue weighted by atomic mass is 32.2. The number of amides is 2. The van der Waals surface area contributed by atoms with Gasteiger partial charge in [0.15, 0.2) is 6.10 Å². The summed E-state index contributed by atoms with van der Waals surface area (Å²) in [6.45, 7) is -2.24. The van der Waals surface area contributed by atoms with E-state index >= 15 is 0 Å². The van der Waals surface area contributed by atoms with E-state index in [1.807, 2.05) is 0 Å². The molecule has 0 radical (unpaired) electrons. The zero-order valence-corrected chi connectivity index (χ0v) is 17.4. The van der Waals surface area contributed by atoms with E-state index in [0.717, 1.165) is 4.31 Å². The van der Waals surface area contributed by atoms with Gasteiger partial charge >= 0.3 is 12.6 Å². The number of aryl methyl sites for hydroxylation is 1. The molecular weight excluding hydrogens is 440 g/mol. The lowest BCUT2D eigenvalue weighted by atomic mass is 10.2. The normalized spacial score (nSPS) is 15.9. The van der Waals surface area contributed by atoms with Crippen LogP contribution in [0.15, 0.2) is 29.3 Å². The SMILES string of the molecule is Cc1nn(C(F)F)cc1S(=O)(=O)N1CC(C(=O)N(C)C)Oc2ccc(NC(=O)O)cc21. The topological polar surface area (TPSA) is 134 Å². The number of hydrogen-bond acceptors (Lipinski definition) is 6. The summed E-state index contributed by atoms with van der Waals surface area (Å²) < 4.78 is 59.5. The maximum Gasteiger partial charge on any atom is 0.409 e. The second kappa shape index (κ2) is 8.02. The monoisotopic (exact) mass is 459 g/mol. The van der Waals surface area contributed by atoms with E-state index in [9.17, 15) is 26.8 Å². The van der Waals surface area contributed by atoms with Crippen LogP contribution in [-0.4, -0.2) is 66.9 Å². The minimum Gasteiger partial charge on any atom is -0.476 e. The van der Waals surface area contributed by atoms with E-state index in [0.29, 0.717) is 6.20 Å². The van der Waals surface area contributed by atoms with Gasteiger partial charge in [-0.25, -0.2) is 17.9 Å². The van der Waals surface area contributed by atoms with Crippen LogP contribution in [0.3, 0.4) is 0 Å². The third kappa shape index (κ3) is 4.23. The van der Waals surface area contributed by atoms with Crippen LogP contribution >= 0.6 is 0 Å². The summed E-state index contributed by atoms with van der Waals surface area (Å²) in [4.78, 5) is 24.2. The molecule has 0 saturated heterocycles. The number of nitrogens with one attached hydrogen (secondary N) is 1. The number of aromatic nitrogens is 2. The molecule has 1 aliphatic heterocycles. The predicted octanol–water partition coefficient (Wildman–Crippen LogP) is 1.72. The number of halogens is 2. The molecule has 0 aliphatic carbocycles. The summed E-state index contributed by atoms with van der Waals surface area (Å²) in [6.07, 6.45) is -1.88. The summed E-state index contributed by atoms with van der Waals surface area (Å²) in [5, 5.41) is 14.6. The third-order valence-corrected chi connectivity index (χ3v) is 6.32. The van der Waals surface area contributed by atoms with Gasteiger partial charge in [0.05, 0.1) is 24.1 Å². The Kier molecular flexibility index (Phi) is 5.76. The van der Waals surface area contributed by atoms with Crippen LogP contribution in [0.4, 0.5) is 25.0 Å². The molecule has 2 amide bonds. The molecule has 1 unspecified atom stereocenters.